The van der Waals surface area contributed by atoms with Gasteiger partial charge in [0.25, 0.3) is 11.7 Å². The first kappa shape index (κ1) is 24.0. The summed E-state index contributed by atoms with van der Waals surface area (Å²) in [5.74, 6) is -0.956. The molecule has 2 heterocycles. The number of aromatic hydroxyl groups is 1. The van der Waals surface area contributed by atoms with Crippen LogP contribution >= 0.6 is 0 Å². The van der Waals surface area contributed by atoms with Crippen molar-refractivity contribution in [3.8, 4) is 17.2 Å². The summed E-state index contributed by atoms with van der Waals surface area (Å²) in [4.78, 5) is 31.3. The van der Waals surface area contributed by atoms with Gasteiger partial charge in [-0.05, 0) is 48.4 Å². The van der Waals surface area contributed by atoms with Gasteiger partial charge in [0.05, 0.1) is 25.3 Å². The molecule has 1 fully saturated rings. The number of aliphatic hydroxyl groups excluding tert-OH is 1. The maximum absolute atomic E-state index is 13.4. The Labute approximate surface area is 213 Å². The third-order valence-electron chi connectivity index (χ3n) is 6.50. The van der Waals surface area contributed by atoms with E-state index in [2.05, 4.69) is 4.98 Å². The van der Waals surface area contributed by atoms with Crippen LogP contribution in [0.1, 0.15) is 29.7 Å². The van der Waals surface area contributed by atoms with Crippen LogP contribution in [-0.4, -0.2) is 45.5 Å². The standard InChI is InChI=1S/C29H26N2O6/c1-3-37-24-14-18(10-13-23(24)32)26-25(27(33)21-15-30-22-7-5-4-6-20(21)22)28(34)29(35)31(26)16-17-8-11-19(36-2)12-9-17/h4-15,26,30,32-33H,3,16H2,1-2H3/b27-25-. The van der Waals surface area contributed by atoms with Gasteiger partial charge < -0.3 is 29.6 Å². The molecule has 188 valence electrons. The second-order valence-corrected chi connectivity index (χ2v) is 8.68. The molecule has 3 N–H and O–H groups in total. The van der Waals surface area contributed by atoms with Crippen LogP contribution in [0.5, 0.6) is 17.2 Å². The summed E-state index contributed by atoms with van der Waals surface area (Å²) in [6, 6.07) is 18.3. The van der Waals surface area contributed by atoms with Crippen LogP contribution in [0, 0.1) is 0 Å². The number of likely N-dealkylation sites (tertiary alicyclic amines) is 1. The van der Waals surface area contributed by atoms with Gasteiger partial charge in [0.2, 0.25) is 0 Å². The molecule has 0 saturated carbocycles. The van der Waals surface area contributed by atoms with Crippen molar-refractivity contribution in [2.75, 3.05) is 13.7 Å². The number of hydrogen-bond donors (Lipinski definition) is 3. The van der Waals surface area contributed by atoms with E-state index >= 15 is 0 Å². The number of para-hydroxylation sites is 1. The van der Waals surface area contributed by atoms with Gasteiger partial charge in [0.1, 0.15) is 11.5 Å². The lowest BCUT2D eigenvalue weighted by Crippen LogP contribution is -2.29. The number of amides is 1. The van der Waals surface area contributed by atoms with Crippen LogP contribution < -0.4 is 9.47 Å². The highest BCUT2D eigenvalue weighted by atomic mass is 16.5. The summed E-state index contributed by atoms with van der Waals surface area (Å²) in [6.07, 6.45) is 1.62. The Balaban J connectivity index is 1.67. The number of aromatic amines is 1. The number of nitrogens with zero attached hydrogens (tertiary/aromatic N) is 1. The molecule has 3 aromatic carbocycles. The number of carbonyl (C=O) groups is 2. The number of carbonyl (C=O) groups excluding carboxylic acids is 2. The zero-order chi connectivity index (χ0) is 26.1. The van der Waals surface area contributed by atoms with E-state index in [0.717, 1.165) is 16.5 Å². The summed E-state index contributed by atoms with van der Waals surface area (Å²) in [5, 5.41) is 22.4. The number of benzene rings is 3. The van der Waals surface area contributed by atoms with Crippen LogP contribution in [-0.2, 0) is 16.1 Å². The monoisotopic (exact) mass is 498 g/mol. The molecule has 0 bridgehead atoms. The fourth-order valence-corrected chi connectivity index (χ4v) is 4.70. The molecule has 1 aromatic heterocycles. The van der Waals surface area contributed by atoms with Crippen molar-refractivity contribution in [1.82, 2.24) is 9.88 Å². The number of methoxy groups -OCH3 is 1. The summed E-state index contributed by atoms with van der Waals surface area (Å²) in [5.41, 5.74) is 2.48. The largest absolute Gasteiger partial charge is 0.507 e. The zero-order valence-corrected chi connectivity index (χ0v) is 20.4. The average Bonchev–Trinajstić information content (AvgIpc) is 3.45. The fraction of sp³-hybridized carbons (Fsp3) is 0.172. The fourth-order valence-electron chi connectivity index (χ4n) is 4.70. The Bertz CT molecular complexity index is 1520. The number of aliphatic hydroxyl groups is 1. The highest BCUT2D eigenvalue weighted by molar-refractivity contribution is 6.46. The Morgan fingerprint density at radius 2 is 1.81 bits per heavy atom. The van der Waals surface area contributed by atoms with Crippen molar-refractivity contribution in [1.29, 1.82) is 0 Å². The number of Topliss-reactive ketones (excluding diaryl/α,β-unsaturated/α-hetero) is 1. The molecule has 1 unspecified atom stereocenters. The summed E-state index contributed by atoms with van der Waals surface area (Å²) < 4.78 is 10.8. The Morgan fingerprint density at radius 3 is 2.54 bits per heavy atom. The number of hydrogen-bond acceptors (Lipinski definition) is 6. The number of fused-ring (bicyclic) bond motifs is 1. The first-order valence-electron chi connectivity index (χ1n) is 11.9. The Morgan fingerprint density at radius 1 is 1.05 bits per heavy atom. The molecule has 8 heteroatoms. The van der Waals surface area contributed by atoms with E-state index in [1.165, 1.54) is 11.0 Å². The predicted molar refractivity (Wildman–Crippen MR) is 138 cm³/mol. The van der Waals surface area contributed by atoms with Crippen LogP contribution in [0.4, 0.5) is 0 Å². The van der Waals surface area contributed by atoms with Gasteiger partial charge in [-0.25, -0.2) is 0 Å². The molecule has 1 aliphatic rings. The van der Waals surface area contributed by atoms with Crippen molar-refractivity contribution < 1.29 is 29.3 Å². The molecule has 4 aromatic rings. The first-order chi connectivity index (χ1) is 17.9. The molecule has 37 heavy (non-hydrogen) atoms. The minimum Gasteiger partial charge on any atom is -0.507 e. The molecule has 5 rings (SSSR count). The maximum atomic E-state index is 13.4. The average molecular weight is 499 g/mol. The summed E-state index contributed by atoms with van der Waals surface area (Å²) in [6.45, 7) is 2.23. The van der Waals surface area contributed by atoms with Crippen LogP contribution in [0.2, 0.25) is 0 Å². The molecule has 1 amide bonds. The third-order valence-corrected chi connectivity index (χ3v) is 6.50. The topological polar surface area (TPSA) is 112 Å². The number of ketones is 1. The number of aromatic nitrogens is 1. The number of H-pyrrole nitrogens is 1. The van der Waals surface area contributed by atoms with Crippen molar-refractivity contribution in [3.05, 3.63) is 95.2 Å². The minimum absolute atomic E-state index is 0.0311. The molecule has 0 spiro atoms. The second kappa shape index (κ2) is 9.73. The van der Waals surface area contributed by atoms with E-state index < -0.39 is 17.7 Å². The smallest absolute Gasteiger partial charge is 0.295 e. The Hall–Kier alpha value is -4.72. The van der Waals surface area contributed by atoms with Gasteiger partial charge in [0, 0.05) is 29.2 Å². The van der Waals surface area contributed by atoms with Gasteiger partial charge in [-0.1, -0.05) is 36.4 Å². The molecular formula is C29H26N2O6. The van der Waals surface area contributed by atoms with Gasteiger partial charge in [-0.2, -0.15) is 0 Å². The van der Waals surface area contributed by atoms with E-state index in [9.17, 15) is 19.8 Å². The highest BCUT2D eigenvalue weighted by Gasteiger charge is 2.46. The highest BCUT2D eigenvalue weighted by Crippen LogP contribution is 2.43. The summed E-state index contributed by atoms with van der Waals surface area (Å²) in [7, 11) is 1.57. The minimum atomic E-state index is -0.907. The van der Waals surface area contributed by atoms with E-state index in [1.54, 1.807) is 44.5 Å². The lowest BCUT2D eigenvalue weighted by molar-refractivity contribution is -0.140. The second-order valence-electron chi connectivity index (χ2n) is 8.68. The number of phenolic OH excluding ortho intramolecular Hbond substituents is 1. The molecule has 0 aliphatic carbocycles. The van der Waals surface area contributed by atoms with E-state index in [0.29, 0.717) is 23.5 Å². The third kappa shape index (κ3) is 4.27. The SMILES string of the molecule is CCOc1cc(C2/C(=C(/O)c3c[nH]c4ccccc34)C(=O)C(=O)N2Cc2ccc(OC)cc2)ccc1O. The van der Waals surface area contributed by atoms with Crippen molar-refractivity contribution in [3.63, 3.8) is 0 Å². The summed E-state index contributed by atoms with van der Waals surface area (Å²) >= 11 is 0. The van der Waals surface area contributed by atoms with E-state index in [1.807, 2.05) is 36.4 Å². The zero-order valence-electron chi connectivity index (χ0n) is 20.4. The lowest BCUT2D eigenvalue weighted by Gasteiger charge is -2.26. The first-order valence-corrected chi connectivity index (χ1v) is 11.9. The molecule has 1 atom stereocenters. The predicted octanol–water partition coefficient (Wildman–Crippen LogP) is 4.90. The van der Waals surface area contributed by atoms with Crippen LogP contribution in [0.25, 0.3) is 16.7 Å². The van der Waals surface area contributed by atoms with Crippen LogP contribution in [0.15, 0.2) is 78.5 Å². The Kier molecular flexibility index (Phi) is 6.31. The van der Waals surface area contributed by atoms with Gasteiger partial charge in [-0.15, -0.1) is 0 Å². The van der Waals surface area contributed by atoms with Crippen molar-refractivity contribution >= 4 is 28.4 Å². The number of rotatable bonds is 7. The number of phenols is 1. The molecule has 1 aliphatic heterocycles. The maximum Gasteiger partial charge on any atom is 0.295 e. The quantitative estimate of drug-likeness (QED) is 0.190. The van der Waals surface area contributed by atoms with Crippen LogP contribution in [0.3, 0.4) is 0 Å². The van der Waals surface area contributed by atoms with E-state index in [-0.39, 0.29) is 29.4 Å². The number of nitrogens with one attached hydrogen (secondary N) is 1. The van der Waals surface area contributed by atoms with Gasteiger partial charge >= 0.3 is 0 Å². The number of ether oxygens (including phenoxy) is 2. The molecule has 8 nitrogen and oxygen atoms in total. The molecular weight excluding hydrogens is 472 g/mol. The molecule has 1 saturated heterocycles. The van der Waals surface area contributed by atoms with E-state index in [4.69, 9.17) is 9.47 Å². The van der Waals surface area contributed by atoms with Gasteiger partial charge in [0.15, 0.2) is 11.5 Å². The lowest BCUT2D eigenvalue weighted by atomic mass is 9.94. The van der Waals surface area contributed by atoms with Crippen molar-refractivity contribution in [2.45, 2.75) is 19.5 Å². The van der Waals surface area contributed by atoms with Gasteiger partial charge in [-0.3, -0.25) is 9.59 Å². The molecule has 0 radical (unpaired) electrons. The normalized spacial score (nSPS) is 16.9. The van der Waals surface area contributed by atoms with Crippen molar-refractivity contribution in [2.24, 2.45) is 0 Å².